The van der Waals surface area contributed by atoms with Crippen molar-refractivity contribution >= 4 is 40.3 Å². The molecule has 8 heteroatoms. The summed E-state index contributed by atoms with van der Waals surface area (Å²) in [5.41, 5.74) is 4.79. The predicted octanol–water partition coefficient (Wildman–Crippen LogP) is 4.05. The van der Waals surface area contributed by atoms with Gasteiger partial charge < -0.3 is 10.0 Å². The molecular weight excluding hydrogens is 470 g/mol. The number of benzene rings is 3. The molecule has 3 aromatic rings. The Bertz CT molecular complexity index is 1440. The third kappa shape index (κ3) is 4.02. The summed E-state index contributed by atoms with van der Waals surface area (Å²) in [6.45, 7) is 1.13. The lowest BCUT2D eigenvalue weighted by Crippen LogP contribution is -2.53. The van der Waals surface area contributed by atoms with Crippen molar-refractivity contribution in [2.24, 2.45) is 0 Å². The minimum Gasteiger partial charge on any atom is -0.465 e. The molecule has 37 heavy (non-hydrogen) atoms. The maximum Gasteiger partial charge on any atom is 0.407 e. The van der Waals surface area contributed by atoms with E-state index in [0.717, 1.165) is 40.4 Å². The summed E-state index contributed by atoms with van der Waals surface area (Å²) in [5, 5.41) is 13.4. The fraction of sp³-hybridized carbons (Fsp3) is 0.310. The fourth-order valence-electron chi connectivity index (χ4n) is 5.99. The van der Waals surface area contributed by atoms with Crippen molar-refractivity contribution in [1.82, 2.24) is 10.2 Å². The van der Waals surface area contributed by atoms with E-state index < -0.39 is 18.0 Å². The van der Waals surface area contributed by atoms with E-state index in [0.29, 0.717) is 37.4 Å². The zero-order valence-corrected chi connectivity index (χ0v) is 20.3. The topological polar surface area (TPSA) is 107 Å². The molecule has 2 saturated heterocycles. The van der Waals surface area contributed by atoms with Gasteiger partial charge in [0.1, 0.15) is 6.04 Å². The lowest BCUT2D eigenvalue weighted by Gasteiger charge is -2.30. The third-order valence-electron chi connectivity index (χ3n) is 7.95. The molecule has 1 unspecified atom stereocenters. The van der Waals surface area contributed by atoms with Crippen LogP contribution in [0.1, 0.15) is 58.6 Å². The largest absolute Gasteiger partial charge is 0.465 e. The third-order valence-corrected chi connectivity index (χ3v) is 7.95. The molecule has 0 spiro atoms. The predicted molar refractivity (Wildman–Crippen MR) is 138 cm³/mol. The second kappa shape index (κ2) is 9.03. The monoisotopic (exact) mass is 497 g/mol. The summed E-state index contributed by atoms with van der Waals surface area (Å²) in [7, 11) is 0. The number of carboxylic acid groups (broad SMARTS) is 1. The van der Waals surface area contributed by atoms with Crippen molar-refractivity contribution < 1.29 is 24.3 Å². The Morgan fingerprint density at radius 3 is 2.41 bits per heavy atom. The molecule has 0 radical (unpaired) electrons. The quantitative estimate of drug-likeness (QED) is 0.529. The van der Waals surface area contributed by atoms with E-state index >= 15 is 0 Å². The number of carbonyl (C=O) groups is 4. The lowest BCUT2D eigenvalue weighted by atomic mass is 9.88. The van der Waals surface area contributed by atoms with Gasteiger partial charge in [-0.2, -0.15) is 0 Å². The van der Waals surface area contributed by atoms with Crippen LogP contribution in [0.15, 0.2) is 54.6 Å². The number of hydrogen-bond acceptors (Lipinski definition) is 4. The normalized spacial score (nSPS) is 20.0. The number of nitrogens with one attached hydrogen (secondary N) is 1. The lowest BCUT2D eigenvalue weighted by molar-refractivity contribution is -0.134. The van der Waals surface area contributed by atoms with Gasteiger partial charge in [0.15, 0.2) is 0 Å². The molecule has 0 saturated carbocycles. The Hall–Kier alpha value is -4.20. The van der Waals surface area contributed by atoms with Gasteiger partial charge in [0.05, 0.1) is 5.69 Å². The standard InChI is InChI=1S/C29H27N3O5/c33-25-11-10-24(27(34)30-25)32-23-9-8-20(21-2-1-3-22(26(21)23)28(32)35)16-17-4-6-18(7-5-17)19-12-14-31(15-13-19)29(36)37/h1-9,19,24H,10-16H2,(H,36,37)(H,30,33,34). The van der Waals surface area contributed by atoms with Gasteiger partial charge in [0.25, 0.3) is 5.91 Å². The van der Waals surface area contributed by atoms with E-state index in [-0.39, 0.29) is 18.2 Å². The number of likely N-dealkylation sites (tertiary alicyclic amines) is 1. The molecule has 0 aromatic heterocycles. The van der Waals surface area contributed by atoms with Gasteiger partial charge >= 0.3 is 6.09 Å². The molecule has 0 aliphatic carbocycles. The van der Waals surface area contributed by atoms with Crippen molar-refractivity contribution in [3.8, 4) is 0 Å². The molecule has 2 N–H and O–H groups in total. The molecule has 3 aliphatic rings. The van der Waals surface area contributed by atoms with Crippen LogP contribution < -0.4 is 10.2 Å². The molecule has 3 aromatic carbocycles. The molecule has 188 valence electrons. The van der Waals surface area contributed by atoms with Crippen molar-refractivity contribution in [2.45, 2.75) is 44.1 Å². The van der Waals surface area contributed by atoms with Gasteiger partial charge in [-0.1, -0.05) is 42.5 Å². The van der Waals surface area contributed by atoms with E-state index in [4.69, 9.17) is 0 Å². The van der Waals surface area contributed by atoms with Crippen LogP contribution in [0.5, 0.6) is 0 Å². The highest BCUT2D eigenvalue weighted by atomic mass is 16.4. The molecule has 3 heterocycles. The number of piperidine rings is 2. The summed E-state index contributed by atoms with van der Waals surface area (Å²) >= 11 is 0. The molecule has 0 bridgehead atoms. The molecule has 4 amide bonds. The maximum absolute atomic E-state index is 13.3. The van der Waals surface area contributed by atoms with Gasteiger partial charge in [-0.05, 0) is 65.8 Å². The average Bonchev–Trinajstić information content (AvgIpc) is 3.19. The summed E-state index contributed by atoms with van der Waals surface area (Å²) in [6.07, 6.45) is 2.05. The highest BCUT2D eigenvalue weighted by Gasteiger charge is 2.40. The molecule has 6 rings (SSSR count). The first-order chi connectivity index (χ1) is 17.9. The number of rotatable bonds is 4. The van der Waals surface area contributed by atoms with Crippen LogP contribution >= 0.6 is 0 Å². The van der Waals surface area contributed by atoms with Crippen molar-refractivity contribution in [1.29, 1.82) is 0 Å². The minimum absolute atomic E-state index is 0.203. The summed E-state index contributed by atoms with van der Waals surface area (Å²) in [5.74, 6) is -0.567. The SMILES string of the molecule is O=C1CCC(N2C(=O)c3cccc4c(Cc5ccc(C6CCN(C(=O)O)CC6)cc5)ccc2c34)C(=O)N1. The Kier molecular flexibility index (Phi) is 5.67. The zero-order chi connectivity index (χ0) is 25.7. The van der Waals surface area contributed by atoms with Crippen molar-refractivity contribution in [3.63, 3.8) is 0 Å². The number of hydrogen-bond donors (Lipinski definition) is 2. The molecule has 1 atom stereocenters. The molecule has 8 nitrogen and oxygen atoms in total. The van der Waals surface area contributed by atoms with Crippen LogP contribution in [0.2, 0.25) is 0 Å². The first kappa shape index (κ1) is 23.2. The van der Waals surface area contributed by atoms with E-state index in [9.17, 15) is 24.3 Å². The second-order valence-electron chi connectivity index (χ2n) is 10.1. The Morgan fingerprint density at radius 2 is 1.70 bits per heavy atom. The van der Waals surface area contributed by atoms with E-state index in [2.05, 4.69) is 29.6 Å². The summed E-state index contributed by atoms with van der Waals surface area (Å²) in [4.78, 5) is 51.7. The Balaban J connectivity index is 1.25. The van der Waals surface area contributed by atoms with Gasteiger partial charge in [-0.15, -0.1) is 0 Å². The zero-order valence-electron chi connectivity index (χ0n) is 20.3. The number of amides is 4. The van der Waals surface area contributed by atoms with Crippen LogP contribution in [0.4, 0.5) is 10.5 Å². The summed E-state index contributed by atoms with van der Waals surface area (Å²) < 4.78 is 0. The number of anilines is 1. The number of carbonyl (C=O) groups excluding carboxylic acids is 3. The van der Waals surface area contributed by atoms with Gasteiger partial charge in [0.2, 0.25) is 11.8 Å². The highest BCUT2D eigenvalue weighted by molar-refractivity contribution is 6.27. The summed E-state index contributed by atoms with van der Waals surface area (Å²) in [6, 6.07) is 17.5. The highest BCUT2D eigenvalue weighted by Crippen LogP contribution is 2.41. The minimum atomic E-state index is -0.846. The number of imide groups is 1. The molecule has 3 aliphatic heterocycles. The van der Waals surface area contributed by atoms with E-state index in [1.807, 2.05) is 24.3 Å². The smallest absolute Gasteiger partial charge is 0.407 e. The van der Waals surface area contributed by atoms with Crippen LogP contribution in [-0.2, 0) is 16.0 Å². The average molecular weight is 498 g/mol. The molecular formula is C29H27N3O5. The first-order valence-electron chi connectivity index (χ1n) is 12.7. The van der Waals surface area contributed by atoms with Crippen molar-refractivity contribution in [3.05, 3.63) is 76.9 Å². The van der Waals surface area contributed by atoms with Gasteiger partial charge in [-0.25, -0.2) is 4.79 Å². The fourth-order valence-corrected chi connectivity index (χ4v) is 5.99. The number of nitrogens with zero attached hydrogens (tertiary/aromatic N) is 2. The second-order valence-corrected chi connectivity index (χ2v) is 10.1. The van der Waals surface area contributed by atoms with Crippen LogP contribution in [-0.4, -0.2) is 53.0 Å². The van der Waals surface area contributed by atoms with Gasteiger partial charge in [0, 0.05) is 30.5 Å². The van der Waals surface area contributed by atoms with Crippen LogP contribution in [0.3, 0.4) is 0 Å². The Morgan fingerprint density at radius 1 is 0.946 bits per heavy atom. The van der Waals surface area contributed by atoms with Crippen LogP contribution in [0, 0.1) is 0 Å². The molecule has 2 fully saturated rings. The van der Waals surface area contributed by atoms with Crippen molar-refractivity contribution in [2.75, 3.05) is 18.0 Å². The first-order valence-corrected chi connectivity index (χ1v) is 12.7. The van der Waals surface area contributed by atoms with Crippen LogP contribution in [0.25, 0.3) is 10.8 Å². The maximum atomic E-state index is 13.3. The van der Waals surface area contributed by atoms with Gasteiger partial charge in [-0.3, -0.25) is 24.6 Å². The Labute approximate surface area is 213 Å². The van der Waals surface area contributed by atoms with E-state index in [1.54, 1.807) is 11.0 Å². The van der Waals surface area contributed by atoms with E-state index in [1.165, 1.54) is 10.5 Å².